The van der Waals surface area contributed by atoms with Crippen molar-refractivity contribution in [1.29, 1.82) is 0 Å². The van der Waals surface area contributed by atoms with Crippen LogP contribution in [0.2, 0.25) is 5.02 Å². The van der Waals surface area contributed by atoms with Crippen LogP contribution in [0.15, 0.2) is 24.3 Å². The molecule has 2 nitrogen and oxygen atoms in total. The molecule has 0 bridgehead atoms. The fraction of sp³-hybridized carbons (Fsp3) is 0.0909. The van der Waals surface area contributed by atoms with Gasteiger partial charge in [0.05, 0.1) is 10.5 Å². The number of benzene rings is 1. The Morgan fingerprint density at radius 3 is 2.93 bits per heavy atom. The third-order valence-corrected chi connectivity index (χ3v) is 2.44. The van der Waals surface area contributed by atoms with Crippen LogP contribution in [-0.4, -0.2) is 11.3 Å². The molecule has 0 spiro atoms. The Morgan fingerprint density at radius 2 is 2.21 bits per heavy atom. The average Bonchev–Trinajstić information content (AvgIpc) is 2.19. The first-order valence-electron chi connectivity index (χ1n) is 4.23. The van der Waals surface area contributed by atoms with Crippen LogP contribution in [-0.2, 0) is 0 Å². The molecule has 0 N–H and O–H groups in total. The molecule has 3 heteroatoms. The van der Waals surface area contributed by atoms with E-state index < -0.39 is 0 Å². The molecule has 1 heterocycles. The zero-order chi connectivity index (χ0) is 10.1. The minimum atomic E-state index is 0.420. The molecule has 14 heavy (non-hydrogen) atoms. The van der Waals surface area contributed by atoms with E-state index in [2.05, 4.69) is 4.98 Å². The summed E-state index contributed by atoms with van der Waals surface area (Å²) in [6.07, 6.45) is 0.732. The van der Waals surface area contributed by atoms with E-state index in [1.165, 1.54) is 0 Å². The van der Waals surface area contributed by atoms with Crippen molar-refractivity contribution >= 4 is 28.8 Å². The zero-order valence-electron chi connectivity index (χ0n) is 7.62. The van der Waals surface area contributed by atoms with Crippen LogP contribution in [0.3, 0.4) is 0 Å². The number of nitrogens with zero attached hydrogens (tertiary/aromatic N) is 1. The molecule has 70 valence electrons. The molecule has 0 saturated carbocycles. The molecule has 1 aromatic heterocycles. The highest BCUT2D eigenvalue weighted by Gasteiger charge is 2.04. The number of hydrogen-bond donors (Lipinski definition) is 0. The van der Waals surface area contributed by atoms with Gasteiger partial charge in [0, 0.05) is 5.39 Å². The summed E-state index contributed by atoms with van der Waals surface area (Å²) in [5.41, 5.74) is 2.12. The van der Waals surface area contributed by atoms with Crippen molar-refractivity contribution in [3.8, 4) is 0 Å². The summed E-state index contributed by atoms with van der Waals surface area (Å²) in [6.45, 7) is 1.94. The van der Waals surface area contributed by atoms with Crippen LogP contribution < -0.4 is 0 Å². The molecule has 2 rings (SSSR count). The van der Waals surface area contributed by atoms with E-state index in [0.717, 1.165) is 17.2 Å². The van der Waals surface area contributed by atoms with Gasteiger partial charge in [-0.2, -0.15) is 0 Å². The van der Waals surface area contributed by atoms with E-state index >= 15 is 0 Å². The van der Waals surface area contributed by atoms with Gasteiger partial charge in [-0.05, 0) is 24.6 Å². The molecular formula is C11H8ClNO. The highest BCUT2D eigenvalue weighted by molar-refractivity contribution is 6.35. The Hall–Kier alpha value is -1.41. The van der Waals surface area contributed by atoms with E-state index in [9.17, 15) is 4.79 Å². The highest BCUT2D eigenvalue weighted by Crippen LogP contribution is 2.24. The third-order valence-electron chi connectivity index (χ3n) is 2.14. The summed E-state index contributed by atoms with van der Waals surface area (Å²) < 4.78 is 0. The van der Waals surface area contributed by atoms with Gasteiger partial charge in [0.25, 0.3) is 0 Å². The van der Waals surface area contributed by atoms with Gasteiger partial charge in [-0.1, -0.05) is 23.7 Å². The lowest BCUT2D eigenvalue weighted by Gasteiger charge is -2.03. The Bertz CT molecular complexity index is 508. The number of carbonyl (C=O) groups is 1. The minimum Gasteiger partial charge on any atom is -0.296 e. The standard InChI is InChI=1S/C11H8ClNO/c1-7-5-8(6-14)13-11-9(7)3-2-4-10(11)12/h2-6H,1H3. The fourth-order valence-electron chi connectivity index (χ4n) is 1.47. The first-order valence-corrected chi connectivity index (χ1v) is 4.61. The predicted octanol–water partition coefficient (Wildman–Crippen LogP) is 3.01. The second-order valence-corrected chi connectivity index (χ2v) is 3.53. The number of aryl methyl sites for hydroxylation is 1. The fourth-order valence-corrected chi connectivity index (χ4v) is 1.69. The summed E-state index contributed by atoms with van der Waals surface area (Å²) >= 11 is 5.98. The largest absolute Gasteiger partial charge is 0.296 e. The molecule has 0 fully saturated rings. The lowest BCUT2D eigenvalue weighted by molar-refractivity contribution is 0.111. The number of pyridine rings is 1. The Morgan fingerprint density at radius 1 is 1.43 bits per heavy atom. The van der Waals surface area contributed by atoms with Crippen molar-refractivity contribution in [2.45, 2.75) is 6.92 Å². The lowest BCUT2D eigenvalue weighted by Crippen LogP contribution is -1.91. The zero-order valence-corrected chi connectivity index (χ0v) is 8.38. The first kappa shape index (κ1) is 9.16. The Labute approximate surface area is 86.5 Å². The highest BCUT2D eigenvalue weighted by atomic mass is 35.5. The first-order chi connectivity index (χ1) is 6.72. The van der Waals surface area contributed by atoms with Crippen molar-refractivity contribution in [2.24, 2.45) is 0 Å². The summed E-state index contributed by atoms with van der Waals surface area (Å²) in [5, 5.41) is 1.57. The number of rotatable bonds is 1. The van der Waals surface area contributed by atoms with Gasteiger partial charge in [-0.25, -0.2) is 4.98 Å². The quantitative estimate of drug-likeness (QED) is 0.670. The predicted molar refractivity (Wildman–Crippen MR) is 56.9 cm³/mol. The second-order valence-electron chi connectivity index (χ2n) is 3.12. The van der Waals surface area contributed by atoms with Crippen LogP contribution in [0, 0.1) is 6.92 Å². The van der Waals surface area contributed by atoms with Gasteiger partial charge in [0.15, 0.2) is 6.29 Å². The number of para-hydroxylation sites is 1. The van der Waals surface area contributed by atoms with E-state index in [4.69, 9.17) is 11.6 Å². The summed E-state index contributed by atoms with van der Waals surface area (Å²) in [5.74, 6) is 0. The maximum absolute atomic E-state index is 10.6. The molecule has 0 saturated heterocycles. The smallest absolute Gasteiger partial charge is 0.168 e. The van der Waals surface area contributed by atoms with Crippen LogP contribution in [0.25, 0.3) is 10.9 Å². The normalized spacial score (nSPS) is 10.4. The molecule has 1 aromatic carbocycles. The van der Waals surface area contributed by atoms with Gasteiger partial charge in [-0.15, -0.1) is 0 Å². The summed E-state index contributed by atoms with van der Waals surface area (Å²) in [6, 6.07) is 7.34. The monoisotopic (exact) mass is 205 g/mol. The van der Waals surface area contributed by atoms with Gasteiger partial charge in [0.2, 0.25) is 0 Å². The number of halogens is 1. The van der Waals surface area contributed by atoms with Crippen molar-refractivity contribution in [1.82, 2.24) is 4.98 Å². The maximum Gasteiger partial charge on any atom is 0.168 e. The minimum absolute atomic E-state index is 0.420. The van der Waals surface area contributed by atoms with Crippen molar-refractivity contribution < 1.29 is 4.79 Å². The molecule has 0 radical (unpaired) electrons. The van der Waals surface area contributed by atoms with E-state index in [1.807, 2.05) is 19.1 Å². The lowest BCUT2D eigenvalue weighted by atomic mass is 10.1. The van der Waals surface area contributed by atoms with Crippen molar-refractivity contribution in [3.05, 3.63) is 40.5 Å². The molecule has 0 atom stereocenters. The van der Waals surface area contributed by atoms with Gasteiger partial charge in [-0.3, -0.25) is 4.79 Å². The third kappa shape index (κ3) is 1.38. The van der Waals surface area contributed by atoms with Crippen LogP contribution in [0.5, 0.6) is 0 Å². The van der Waals surface area contributed by atoms with Gasteiger partial charge < -0.3 is 0 Å². The SMILES string of the molecule is Cc1cc(C=O)nc2c(Cl)cccc12. The van der Waals surface area contributed by atoms with E-state index in [-0.39, 0.29) is 0 Å². The van der Waals surface area contributed by atoms with Crippen LogP contribution in [0.4, 0.5) is 0 Å². The topological polar surface area (TPSA) is 30.0 Å². The van der Waals surface area contributed by atoms with Crippen LogP contribution in [0.1, 0.15) is 16.1 Å². The Balaban J connectivity index is 2.90. The van der Waals surface area contributed by atoms with E-state index in [1.54, 1.807) is 12.1 Å². The van der Waals surface area contributed by atoms with Crippen LogP contribution >= 0.6 is 11.6 Å². The van der Waals surface area contributed by atoms with Crippen molar-refractivity contribution in [3.63, 3.8) is 0 Å². The summed E-state index contributed by atoms with van der Waals surface area (Å²) in [4.78, 5) is 14.8. The second kappa shape index (κ2) is 3.39. The molecular weight excluding hydrogens is 198 g/mol. The maximum atomic E-state index is 10.6. The van der Waals surface area contributed by atoms with Gasteiger partial charge >= 0.3 is 0 Å². The Kier molecular flexibility index (Phi) is 2.22. The van der Waals surface area contributed by atoms with Crippen molar-refractivity contribution in [2.75, 3.05) is 0 Å². The molecule has 0 aliphatic carbocycles. The van der Waals surface area contributed by atoms with E-state index in [0.29, 0.717) is 16.2 Å². The number of carbonyl (C=O) groups excluding carboxylic acids is 1. The molecule has 2 aromatic rings. The molecule has 0 amide bonds. The molecule has 0 aliphatic rings. The number of aromatic nitrogens is 1. The number of hydrogen-bond acceptors (Lipinski definition) is 2. The summed E-state index contributed by atoms with van der Waals surface area (Å²) in [7, 11) is 0. The van der Waals surface area contributed by atoms with Gasteiger partial charge in [0.1, 0.15) is 5.69 Å². The number of fused-ring (bicyclic) bond motifs is 1. The number of aldehydes is 1. The average molecular weight is 206 g/mol. The molecule has 0 unspecified atom stereocenters. The molecule has 0 aliphatic heterocycles.